The number of fused-ring (bicyclic) bond motifs is 3. The molecule has 9 heteroatoms. The predicted molar refractivity (Wildman–Crippen MR) is 182 cm³/mol. The molecular weight excluding hydrogens is 672 g/mol. The zero-order valence-electron chi connectivity index (χ0n) is 24.6. The monoisotopic (exact) mass is 698 g/mol. The summed E-state index contributed by atoms with van der Waals surface area (Å²) in [6, 6.07) is 27.4. The van der Waals surface area contributed by atoms with Gasteiger partial charge in [0.1, 0.15) is 12.4 Å². The van der Waals surface area contributed by atoms with E-state index in [0.29, 0.717) is 38.2 Å². The molecule has 2 heterocycles. The van der Waals surface area contributed by atoms with Crippen LogP contribution < -0.4 is 29.1 Å². The summed E-state index contributed by atoms with van der Waals surface area (Å²) < 4.78 is 20.4. The maximum Gasteiger partial charge on any atom is 0.271 e. The third-order valence-electron chi connectivity index (χ3n) is 8.19. The zero-order chi connectivity index (χ0) is 31.1. The molecule has 0 amide bonds. The highest BCUT2D eigenvalue weighted by Crippen LogP contribution is 2.42. The number of nitrogens with zero attached hydrogens (tertiary/aromatic N) is 2. The number of hydrogen-bond donors (Lipinski definition) is 0. The average Bonchev–Trinajstić information content (AvgIpc) is 3.37. The fourth-order valence-corrected chi connectivity index (χ4v) is 7.69. The Morgan fingerprint density at radius 1 is 0.956 bits per heavy atom. The maximum atomic E-state index is 14.2. The van der Waals surface area contributed by atoms with E-state index in [1.54, 1.807) is 14.2 Å². The molecule has 0 N–H and O–H groups in total. The summed E-state index contributed by atoms with van der Waals surface area (Å²) >= 11 is 11.3. The van der Waals surface area contributed by atoms with Crippen molar-refractivity contribution in [2.24, 2.45) is 4.99 Å². The quantitative estimate of drug-likeness (QED) is 0.179. The smallest absolute Gasteiger partial charge is 0.271 e. The van der Waals surface area contributed by atoms with Gasteiger partial charge in [-0.15, -0.1) is 0 Å². The number of rotatable bonds is 7. The van der Waals surface area contributed by atoms with Crippen LogP contribution in [-0.2, 0) is 13.0 Å². The van der Waals surface area contributed by atoms with Crippen molar-refractivity contribution in [2.45, 2.75) is 25.5 Å². The van der Waals surface area contributed by atoms with Crippen molar-refractivity contribution in [3.05, 3.63) is 148 Å². The number of aromatic nitrogens is 1. The van der Waals surface area contributed by atoms with Crippen LogP contribution in [0, 0.1) is 0 Å². The molecule has 0 radical (unpaired) electrons. The molecule has 1 aliphatic heterocycles. The molecule has 0 saturated carbocycles. The van der Waals surface area contributed by atoms with Gasteiger partial charge in [-0.2, -0.15) is 0 Å². The summed E-state index contributed by atoms with van der Waals surface area (Å²) in [5.74, 6) is 1.95. The largest absolute Gasteiger partial charge is 0.493 e. The number of ether oxygens (including phenoxy) is 3. The molecular formula is C36H28BrClN2O4S. The maximum absolute atomic E-state index is 14.2. The van der Waals surface area contributed by atoms with Gasteiger partial charge in [0.05, 0.1) is 35.0 Å². The normalized spacial score (nSPS) is 15.6. The van der Waals surface area contributed by atoms with Gasteiger partial charge in [0.15, 0.2) is 16.3 Å². The second-order valence-electron chi connectivity index (χ2n) is 10.8. The van der Waals surface area contributed by atoms with E-state index >= 15 is 0 Å². The molecule has 1 aromatic heterocycles. The van der Waals surface area contributed by atoms with Crippen LogP contribution in [0.3, 0.4) is 0 Å². The summed E-state index contributed by atoms with van der Waals surface area (Å²) in [7, 11) is 3.25. The molecule has 226 valence electrons. The Morgan fingerprint density at radius 2 is 1.73 bits per heavy atom. The van der Waals surface area contributed by atoms with Gasteiger partial charge in [0, 0.05) is 16.1 Å². The predicted octanol–water partition coefficient (Wildman–Crippen LogP) is 7.33. The van der Waals surface area contributed by atoms with Gasteiger partial charge in [-0.05, 0) is 87.4 Å². The number of hydrogen-bond acceptors (Lipinski definition) is 6. The molecule has 0 fully saturated rings. The van der Waals surface area contributed by atoms with Gasteiger partial charge in [0.2, 0.25) is 0 Å². The third-order valence-corrected chi connectivity index (χ3v) is 10.2. The number of allylic oxidation sites excluding steroid dienone is 1. The highest BCUT2D eigenvalue weighted by atomic mass is 79.9. The van der Waals surface area contributed by atoms with Crippen LogP contribution in [0.5, 0.6) is 17.2 Å². The van der Waals surface area contributed by atoms with Gasteiger partial charge in [-0.1, -0.05) is 77.5 Å². The second kappa shape index (κ2) is 12.4. The van der Waals surface area contributed by atoms with E-state index in [1.807, 2.05) is 77.4 Å². The van der Waals surface area contributed by atoms with Crippen molar-refractivity contribution in [3.8, 4) is 17.2 Å². The molecule has 0 saturated heterocycles. The summed E-state index contributed by atoms with van der Waals surface area (Å²) in [4.78, 5) is 20.0. The van der Waals surface area contributed by atoms with E-state index in [9.17, 15) is 4.79 Å². The Hall–Kier alpha value is -4.11. The Bertz CT molecular complexity index is 2170. The standard InChI is InChI=1S/C36H28BrClN2O4S/c1-42-30-16-13-23(19-31(30)43-2)34-26-14-12-22-7-3-5-9-25(22)33(26)39-36-40(34)35(41)32(45-36)18-21-11-15-29(27(37)17-21)44-20-24-8-4-6-10-28(24)38/h3-11,13,15-19,34H,12,14,20H2,1-2H3/b32-18-/t34-/m1/s1. The van der Waals surface area contributed by atoms with Crippen molar-refractivity contribution in [2.75, 3.05) is 14.2 Å². The fraction of sp³-hybridized carbons (Fsp3) is 0.167. The van der Waals surface area contributed by atoms with Gasteiger partial charge in [-0.3, -0.25) is 9.36 Å². The fourth-order valence-electron chi connectivity index (χ4n) is 5.99. The Balaban J connectivity index is 1.31. The number of thiazole rings is 1. The first-order valence-electron chi connectivity index (χ1n) is 14.5. The molecule has 7 rings (SSSR count). The summed E-state index contributed by atoms with van der Waals surface area (Å²) in [6.07, 6.45) is 3.60. The number of methoxy groups -OCH3 is 2. The molecule has 45 heavy (non-hydrogen) atoms. The summed E-state index contributed by atoms with van der Waals surface area (Å²) in [5.41, 5.74) is 7.11. The van der Waals surface area contributed by atoms with Crippen LogP contribution in [0.1, 0.15) is 40.3 Å². The van der Waals surface area contributed by atoms with Gasteiger partial charge >= 0.3 is 0 Å². The first-order chi connectivity index (χ1) is 21.9. The van der Waals surface area contributed by atoms with Crippen molar-refractivity contribution in [3.63, 3.8) is 0 Å². The van der Waals surface area contributed by atoms with Crippen molar-refractivity contribution in [1.82, 2.24) is 4.57 Å². The molecule has 0 bridgehead atoms. The minimum absolute atomic E-state index is 0.0842. The average molecular weight is 700 g/mol. The van der Waals surface area contributed by atoms with Crippen LogP contribution in [0.4, 0.5) is 0 Å². The molecule has 4 aromatic carbocycles. The van der Waals surface area contributed by atoms with Gasteiger partial charge in [0.25, 0.3) is 5.56 Å². The topological polar surface area (TPSA) is 62.0 Å². The summed E-state index contributed by atoms with van der Waals surface area (Å²) in [6.45, 7) is 0.347. The Kier molecular flexibility index (Phi) is 8.12. The van der Waals surface area contributed by atoms with Crippen molar-refractivity contribution >= 4 is 50.6 Å². The molecule has 1 atom stereocenters. The lowest BCUT2D eigenvalue weighted by atomic mass is 9.83. The number of aryl methyl sites for hydroxylation is 1. The highest BCUT2D eigenvalue weighted by molar-refractivity contribution is 9.10. The molecule has 0 unspecified atom stereocenters. The summed E-state index contributed by atoms with van der Waals surface area (Å²) in [5, 5.41) is 0.664. The Morgan fingerprint density at radius 3 is 2.53 bits per heavy atom. The lowest BCUT2D eigenvalue weighted by Crippen LogP contribution is -2.38. The van der Waals surface area contributed by atoms with Crippen molar-refractivity contribution < 1.29 is 14.2 Å². The molecule has 0 spiro atoms. The lowest BCUT2D eigenvalue weighted by molar-refractivity contribution is 0.304. The van der Waals surface area contributed by atoms with Crippen LogP contribution >= 0.6 is 38.9 Å². The van der Waals surface area contributed by atoms with Crippen molar-refractivity contribution in [1.29, 1.82) is 0 Å². The van der Waals surface area contributed by atoms with E-state index < -0.39 is 0 Å². The van der Waals surface area contributed by atoms with Gasteiger partial charge in [-0.25, -0.2) is 4.99 Å². The molecule has 6 nitrogen and oxygen atoms in total. The van der Waals surface area contributed by atoms with E-state index in [2.05, 4.69) is 34.1 Å². The zero-order valence-corrected chi connectivity index (χ0v) is 27.7. The molecule has 5 aromatic rings. The lowest BCUT2D eigenvalue weighted by Gasteiger charge is -2.31. The highest BCUT2D eigenvalue weighted by Gasteiger charge is 2.33. The molecule has 1 aliphatic carbocycles. The van der Waals surface area contributed by atoms with E-state index in [0.717, 1.165) is 50.8 Å². The van der Waals surface area contributed by atoms with E-state index in [-0.39, 0.29) is 11.6 Å². The van der Waals surface area contributed by atoms with Crippen LogP contribution in [-0.4, -0.2) is 18.8 Å². The third kappa shape index (κ3) is 5.52. The van der Waals surface area contributed by atoms with Crippen LogP contribution in [0.15, 0.2) is 105 Å². The van der Waals surface area contributed by atoms with Crippen LogP contribution in [0.25, 0.3) is 11.8 Å². The number of benzene rings is 4. The minimum Gasteiger partial charge on any atom is -0.493 e. The first kappa shape index (κ1) is 29.6. The van der Waals surface area contributed by atoms with Crippen LogP contribution in [0.2, 0.25) is 5.02 Å². The molecule has 2 aliphatic rings. The SMILES string of the molecule is COc1ccc([C@@H]2C3=C(N=c4s/c(=C\c5ccc(OCc6ccccc6Cl)c(Br)c5)c(=O)n42)c2ccccc2CC3)cc1OC. The van der Waals surface area contributed by atoms with E-state index in [4.69, 9.17) is 30.8 Å². The first-order valence-corrected chi connectivity index (χ1v) is 16.4. The van der Waals surface area contributed by atoms with Gasteiger partial charge < -0.3 is 14.2 Å². The number of halogens is 2. The minimum atomic E-state index is -0.320. The van der Waals surface area contributed by atoms with E-state index in [1.165, 1.54) is 16.9 Å². The second-order valence-corrected chi connectivity index (χ2v) is 13.1. The Labute approximate surface area is 277 Å².